The summed E-state index contributed by atoms with van der Waals surface area (Å²) < 4.78 is 19.6. The molecule has 1 aromatic carbocycles. The molecule has 2 heterocycles. The average molecular weight is 378 g/mol. The topological polar surface area (TPSA) is 58.8 Å². The Bertz CT molecular complexity index is 658. The summed E-state index contributed by atoms with van der Waals surface area (Å²) in [5, 5.41) is 0. The van der Waals surface area contributed by atoms with Crippen molar-refractivity contribution in [3.63, 3.8) is 0 Å². The summed E-state index contributed by atoms with van der Waals surface area (Å²) in [6.07, 6.45) is 4.00. The molecule has 150 valence electrons. The van der Waals surface area contributed by atoms with Crippen molar-refractivity contribution in [2.75, 3.05) is 36.8 Å². The first-order chi connectivity index (χ1) is 12.7. The quantitative estimate of drug-likeness (QED) is 0.782. The number of hydrogen-bond donors (Lipinski definition) is 1. The van der Waals surface area contributed by atoms with Crippen molar-refractivity contribution < 1.29 is 13.9 Å². The van der Waals surface area contributed by atoms with Gasteiger partial charge in [0, 0.05) is 31.9 Å². The van der Waals surface area contributed by atoms with E-state index < -0.39 is 5.60 Å². The Kier molecular flexibility index (Phi) is 5.82. The number of likely N-dealkylation sites (tertiary alicyclic amines) is 1. The molecule has 2 aliphatic heterocycles. The standard InChI is InChI=1S/C21H32FN3O2/c1-21(2,3)27-20(26)25-12-8-16(9-13-25)15-6-10-24(11-7-15)19-5-4-17(23)14-18(19)22/h4-5,14-16H,6-13,23H2,1-3H3. The van der Waals surface area contributed by atoms with Crippen LogP contribution in [0.15, 0.2) is 18.2 Å². The Morgan fingerprint density at radius 3 is 2.15 bits per heavy atom. The first-order valence-electron chi connectivity index (χ1n) is 10.0. The summed E-state index contributed by atoms with van der Waals surface area (Å²) in [4.78, 5) is 16.2. The van der Waals surface area contributed by atoms with Crippen molar-refractivity contribution in [3.8, 4) is 0 Å². The van der Waals surface area contributed by atoms with Gasteiger partial charge in [0.2, 0.25) is 0 Å². The van der Waals surface area contributed by atoms with Crippen LogP contribution in [0.2, 0.25) is 0 Å². The summed E-state index contributed by atoms with van der Waals surface area (Å²) >= 11 is 0. The lowest BCUT2D eigenvalue weighted by Gasteiger charge is -2.41. The number of benzene rings is 1. The highest BCUT2D eigenvalue weighted by Gasteiger charge is 2.32. The number of amides is 1. The van der Waals surface area contributed by atoms with E-state index in [9.17, 15) is 9.18 Å². The van der Waals surface area contributed by atoms with Crippen molar-refractivity contribution in [2.45, 2.75) is 52.1 Å². The molecular formula is C21H32FN3O2. The SMILES string of the molecule is CC(C)(C)OC(=O)N1CCC(C2CCN(c3ccc(N)cc3F)CC2)CC1. The van der Waals surface area contributed by atoms with Crippen LogP contribution in [0, 0.1) is 17.7 Å². The molecule has 0 atom stereocenters. The first-order valence-corrected chi connectivity index (χ1v) is 10.0. The van der Waals surface area contributed by atoms with Gasteiger partial charge in [0.25, 0.3) is 0 Å². The maximum atomic E-state index is 14.2. The summed E-state index contributed by atoms with van der Waals surface area (Å²) in [5.41, 5.74) is 6.32. The third-order valence-corrected chi connectivity index (χ3v) is 5.71. The molecule has 5 nitrogen and oxygen atoms in total. The number of carbonyl (C=O) groups excluding carboxylic acids is 1. The lowest BCUT2D eigenvalue weighted by Crippen LogP contribution is -2.44. The van der Waals surface area contributed by atoms with E-state index in [1.54, 1.807) is 12.1 Å². The van der Waals surface area contributed by atoms with Gasteiger partial charge in [0.1, 0.15) is 11.4 Å². The zero-order valence-corrected chi connectivity index (χ0v) is 16.7. The van der Waals surface area contributed by atoms with Gasteiger partial charge in [0.15, 0.2) is 0 Å². The van der Waals surface area contributed by atoms with E-state index >= 15 is 0 Å². The van der Waals surface area contributed by atoms with Crippen LogP contribution in [-0.4, -0.2) is 42.8 Å². The van der Waals surface area contributed by atoms with E-state index in [0.29, 0.717) is 23.2 Å². The highest BCUT2D eigenvalue weighted by molar-refractivity contribution is 5.68. The molecule has 0 spiro atoms. The van der Waals surface area contributed by atoms with Crippen LogP contribution in [0.5, 0.6) is 0 Å². The molecule has 1 amide bonds. The number of hydrogen-bond acceptors (Lipinski definition) is 4. The number of rotatable bonds is 2. The van der Waals surface area contributed by atoms with Gasteiger partial charge in [-0.1, -0.05) is 0 Å². The molecule has 27 heavy (non-hydrogen) atoms. The zero-order chi connectivity index (χ0) is 19.6. The Balaban J connectivity index is 1.48. The van der Waals surface area contributed by atoms with Gasteiger partial charge in [-0.2, -0.15) is 0 Å². The Morgan fingerprint density at radius 2 is 1.63 bits per heavy atom. The number of carbonyl (C=O) groups is 1. The van der Waals surface area contributed by atoms with E-state index in [1.165, 1.54) is 6.07 Å². The molecule has 2 N–H and O–H groups in total. The first kappa shape index (κ1) is 19.8. The zero-order valence-electron chi connectivity index (χ0n) is 16.7. The van der Waals surface area contributed by atoms with Gasteiger partial charge in [-0.25, -0.2) is 9.18 Å². The molecule has 0 aromatic heterocycles. The van der Waals surface area contributed by atoms with Gasteiger partial charge in [-0.3, -0.25) is 0 Å². The molecule has 0 unspecified atom stereocenters. The number of nitrogens with two attached hydrogens (primary N) is 1. The van der Waals surface area contributed by atoms with Gasteiger partial charge in [-0.05, 0) is 76.5 Å². The summed E-state index contributed by atoms with van der Waals surface area (Å²) in [7, 11) is 0. The molecule has 0 saturated carbocycles. The maximum absolute atomic E-state index is 14.2. The highest BCUT2D eigenvalue weighted by Crippen LogP contribution is 2.35. The molecule has 0 bridgehead atoms. The monoisotopic (exact) mass is 377 g/mol. The van der Waals surface area contributed by atoms with Crippen molar-refractivity contribution in [2.24, 2.45) is 11.8 Å². The molecule has 2 fully saturated rings. The molecule has 3 rings (SSSR count). The van der Waals surface area contributed by atoms with Crippen LogP contribution in [0.1, 0.15) is 46.5 Å². The van der Waals surface area contributed by atoms with Crippen molar-refractivity contribution in [1.29, 1.82) is 0 Å². The fourth-order valence-electron chi connectivity index (χ4n) is 4.27. The normalized spacial score (nSPS) is 20.0. The second-order valence-corrected chi connectivity index (χ2v) is 8.84. The lowest BCUT2D eigenvalue weighted by molar-refractivity contribution is 0.0152. The van der Waals surface area contributed by atoms with Crippen LogP contribution < -0.4 is 10.6 Å². The molecule has 6 heteroatoms. The molecule has 2 aliphatic rings. The number of anilines is 2. The van der Waals surface area contributed by atoms with Crippen molar-refractivity contribution in [3.05, 3.63) is 24.0 Å². The minimum absolute atomic E-state index is 0.199. The van der Waals surface area contributed by atoms with Gasteiger partial charge in [-0.15, -0.1) is 0 Å². The number of piperidine rings is 2. The maximum Gasteiger partial charge on any atom is 0.410 e. The van der Waals surface area contributed by atoms with Crippen LogP contribution >= 0.6 is 0 Å². The Morgan fingerprint density at radius 1 is 1.07 bits per heavy atom. The van der Waals surface area contributed by atoms with Crippen LogP contribution in [0.25, 0.3) is 0 Å². The second kappa shape index (κ2) is 7.95. The van der Waals surface area contributed by atoms with Crippen molar-refractivity contribution in [1.82, 2.24) is 4.90 Å². The number of halogens is 1. The Hall–Kier alpha value is -1.98. The van der Waals surface area contributed by atoms with Gasteiger partial charge >= 0.3 is 6.09 Å². The lowest BCUT2D eigenvalue weighted by atomic mass is 9.79. The van der Waals surface area contributed by atoms with E-state index in [-0.39, 0.29) is 11.9 Å². The molecule has 0 radical (unpaired) electrons. The van der Waals surface area contributed by atoms with Crippen LogP contribution in [0.3, 0.4) is 0 Å². The van der Waals surface area contributed by atoms with Crippen LogP contribution in [0.4, 0.5) is 20.6 Å². The predicted octanol–water partition coefficient (Wildman–Crippen LogP) is 4.27. The predicted molar refractivity (Wildman–Crippen MR) is 106 cm³/mol. The van der Waals surface area contributed by atoms with Crippen LogP contribution in [-0.2, 0) is 4.74 Å². The summed E-state index contributed by atoms with van der Waals surface area (Å²) in [6, 6.07) is 4.94. The smallest absolute Gasteiger partial charge is 0.410 e. The van der Waals surface area contributed by atoms with Gasteiger partial charge in [0.05, 0.1) is 5.69 Å². The third kappa shape index (κ3) is 5.05. The third-order valence-electron chi connectivity index (χ3n) is 5.71. The number of nitrogen functional groups attached to an aromatic ring is 1. The molecule has 2 saturated heterocycles. The fourth-order valence-corrected chi connectivity index (χ4v) is 4.27. The minimum Gasteiger partial charge on any atom is -0.444 e. The molecule has 1 aromatic rings. The largest absolute Gasteiger partial charge is 0.444 e. The van der Waals surface area contributed by atoms with Gasteiger partial charge < -0.3 is 20.3 Å². The average Bonchev–Trinajstić information content (AvgIpc) is 2.61. The number of ether oxygens (including phenoxy) is 1. The second-order valence-electron chi connectivity index (χ2n) is 8.84. The van der Waals surface area contributed by atoms with E-state index in [0.717, 1.165) is 51.9 Å². The number of nitrogens with zero attached hydrogens (tertiary/aromatic N) is 2. The minimum atomic E-state index is -0.446. The fraction of sp³-hybridized carbons (Fsp3) is 0.667. The van der Waals surface area contributed by atoms with E-state index in [2.05, 4.69) is 4.90 Å². The Labute approximate surface area is 161 Å². The highest BCUT2D eigenvalue weighted by atomic mass is 19.1. The molecular weight excluding hydrogens is 345 g/mol. The summed E-state index contributed by atoms with van der Waals surface area (Å²) in [6.45, 7) is 8.98. The summed E-state index contributed by atoms with van der Waals surface area (Å²) in [5.74, 6) is 1.06. The molecule has 0 aliphatic carbocycles. The van der Waals surface area contributed by atoms with E-state index in [1.807, 2.05) is 25.7 Å². The van der Waals surface area contributed by atoms with Crippen molar-refractivity contribution >= 4 is 17.5 Å². The van der Waals surface area contributed by atoms with E-state index in [4.69, 9.17) is 10.5 Å².